The van der Waals surface area contributed by atoms with Gasteiger partial charge in [-0.05, 0) is 43.8 Å². The Labute approximate surface area is 150 Å². The van der Waals surface area contributed by atoms with E-state index in [1.54, 1.807) is 6.08 Å². The first-order valence-corrected chi connectivity index (χ1v) is 9.00. The summed E-state index contributed by atoms with van der Waals surface area (Å²) >= 11 is 0. The van der Waals surface area contributed by atoms with Gasteiger partial charge in [0.05, 0.1) is 13.2 Å². The Kier molecular flexibility index (Phi) is 7.26. The van der Waals surface area contributed by atoms with Crippen LogP contribution in [0.25, 0.3) is 0 Å². The normalized spacial score (nSPS) is 24.4. The van der Waals surface area contributed by atoms with Gasteiger partial charge in [-0.3, -0.25) is 4.79 Å². The maximum Gasteiger partial charge on any atom is 0.253 e. The average molecular weight is 343 g/mol. The van der Waals surface area contributed by atoms with Gasteiger partial charge in [0.25, 0.3) is 5.91 Å². The second-order valence-corrected chi connectivity index (χ2v) is 6.71. The molecule has 0 saturated carbocycles. The van der Waals surface area contributed by atoms with Gasteiger partial charge in [0, 0.05) is 12.1 Å². The van der Waals surface area contributed by atoms with Crippen molar-refractivity contribution in [3.05, 3.63) is 59.9 Å². The maximum atomic E-state index is 12.7. The van der Waals surface area contributed by atoms with E-state index in [1.165, 1.54) is 0 Å². The molecule has 2 atom stereocenters. The van der Waals surface area contributed by atoms with Crippen molar-refractivity contribution in [2.75, 3.05) is 19.7 Å². The van der Waals surface area contributed by atoms with Gasteiger partial charge in [-0.25, -0.2) is 0 Å². The summed E-state index contributed by atoms with van der Waals surface area (Å²) < 4.78 is 5.91. The highest BCUT2D eigenvalue weighted by Crippen LogP contribution is 2.22. The van der Waals surface area contributed by atoms with Crippen LogP contribution in [-0.4, -0.2) is 41.7 Å². The molecule has 1 N–H and O–H groups in total. The molecule has 1 aliphatic carbocycles. The van der Waals surface area contributed by atoms with E-state index in [9.17, 15) is 9.90 Å². The van der Waals surface area contributed by atoms with E-state index >= 15 is 0 Å². The third-order valence-electron chi connectivity index (χ3n) is 4.41. The van der Waals surface area contributed by atoms with Gasteiger partial charge in [0.1, 0.15) is 11.9 Å². The van der Waals surface area contributed by atoms with Gasteiger partial charge in [-0.1, -0.05) is 43.9 Å². The van der Waals surface area contributed by atoms with Gasteiger partial charge < -0.3 is 14.7 Å². The van der Waals surface area contributed by atoms with Crippen LogP contribution in [0.5, 0.6) is 0 Å². The number of rotatable bonds is 6. The number of carbonyl (C=O) groups excluding carboxylic acids is 1. The van der Waals surface area contributed by atoms with Crippen LogP contribution in [-0.2, 0) is 9.53 Å². The molecule has 4 nitrogen and oxygen atoms in total. The van der Waals surface area contributed by atoms with Gasteiger partial charge in [-0.15, -0.1) is 0 Å². The van der Waals surface area contributed by atoms with Crippen molar-refractivity contribution in [2.45, 2.75) is 39.2 Å². The molecule has 0 aromatic rings. The summed E-state index contributed by atoms with van der Waals surface area (Å²) in [7, 11) is 0. The van der Waals surface area contributed by atoms with Crippen LogP contribution in [0.15, 0.2) is 59.9 Å². The summed E-state index contributed by atoms with van der Waals surface area (Å²) in [4.78, 5) is 14.6. The topological polar surface area (TPSA) is 49.8 Å². The van der Waals surface area contributed by atoms with E-state index in [2.05, 4.69) is 25.7 Å². The number of aliphatic hydroxyl groups excluding tert-OH is 1. The van der Waals surface area contributed by atoms with Gasteiger partial charge in [-0.2, -0.15) is 0 Å². The number of ether oxygens (including phenoxy) is 1. The number of piperidine rings is 1. The van der Waals surface area contributed by atoms with E-state index in [0.29, 0.717) is 18.2 Å². The molecule has 0 radical (unpaired) electrons. The molecule has 25 heavy (non-hydrogen) atoms. The monoisotopic (exact) mass is 343 g/mol. The lowest BCUT2D eigenvalue weighted by molar-refractivity contribution is -0.130. The van der Waals surface area contributed by atoms with Gasteiger partial charge in [0.15, 0.2) is 0 Å². The molecule has 1 aliphatic heterocycles. The zero-order valence-corrected chi connectivity index (χ0v) is 15.3. The molecule has 0 spiro atoms. The van der Waals surface area contributed by atoms with Crippen LogP contribution in [0, 0.1) is 5.92 Å². The third kappa shape index (κ3) is 5.75. The Balaban J connectivity index is 1.95. The Morgan fingerprint density at radius 2 is 2.32 bits per heavy atom. The molecule has 0 aromatic heterocycles. The van der Waals surface area contributed by atoms with Gasteiger partial charge >= 0.3 is 0 Å². The fraction of sp³-hybridized carbons (Fsp3) is 0.476. The van der Waals surface area contributed by atoms with Crippen molar-refractivity contribution in [1.29, 1.82) is 0 Å². The summed E-state index contributed by atoms with van der Waals surface area (Å²) in [5.41, 5.74) is 1.54. The lowest BCUT2D eigenvalue weighted by atomic mass is 9.96. The van der Waals surface area contributed by atoms with Crippen molar-refractivity contribution < 1.29 is 14.6 Å². The van der Waals surface area contributed by atoms with E-state index < -0.39 is 0 Å². The average Bonchev–Trinajstić information content (AvgIpc) is 2.60. The van der Waals surface area contributed by atoms with Crippen LogP contribution >= 0.6 is 0 Å². The van der Waals surface area contributed by atoms with Gasteiger partial charge in [0.2, 0.25) is 0 Å². The first-order chi connectivity index (χ1) is 12.0. The van der Waals surface area contributed by atoms with Crippen molar-refractivity contribution in [2.24, 2.45) is 5.92 Å². The fourth-order valence-corrected chi connectivity index (χ4v) is 3.20. The minimum atomic E-state index is -0.0578. The van der Waals surface area contributed by atoms with E-state index in [4.69, 9.17) is 4.74 Å². The van der Waals surface area contributed by atoms with Crippen LogP contribution < -0.4 is 0 Å². The second-order valence-electron chi connectivity index (χ2n) is 6.71. The number of amides is 1. The van der Waals surface area contributed by atoms with Crippen LogP contribution in [0.2, 0.25) is 0 Å². The SMILES string of the molecule is C=C(/C=C(\C=C/C)CO)O[C@@H]1CCCN(C(=O)C2=CC(C)CC=C2)C1. The summed E-state index contributed by atoms with van der Waals surface area (Å²) in [5.74, 6) is 1.02. The zero-order chi connectivity index (χ0) is 18.2. The van der Waals surface area contributed by atoms with Crippen LogP contribution in [0.3, 0.4) is 0 Å². The third-order valence-corrected chi connectivity index (χ3v) is 4.41. The molecule has 1 heterocycles. The molecule has 1 saturated heterocycles. The molecule has 2 aliphatic rings. The van der Waals surface area contributed by atoms with Crippen molar-refractivity contribution in [3.8, 4) is 0 Å². The molecule has 136 valence electrons. The summed E-state index contributed by atoms with van der Waals surface area (Å²) in [6.45, 7) is 9.22. The molecular formula is C21H29NO3. The molecule has 1 fully saturated rings. The second kappa shape index (κ2) is 9.42. The Hall–Kier alpha value is -2.07. The number of nitrogens with zero attached hydrogens (tertiary/aromatic N) is 1. The maximum absolute atomic E-state index is 12.7. The molecule has 0 aromatic carbocycles. The smallest absolute Gasteiger partial charge is 0.253 e. The van der Waals surface area contributed by atoms with Crippen molar-refractivity contribution in [1.82, 2.24) is 4.90 Å². The summed E-state index contributed by atoms with van der Waals surface area (Å²) in [5, 5.41) is 9.31. The predicted octanol–water partition coefficient (Wildman–Crippen LogP) is 3.52. The first-order valence-electron chi connectivity index (χ1n) is 9.00. The Morgan fingerprint density at radius 1 is 1.52 bits per heavy atom. The van der Waals surface area contributed by atoms with Crippen LogP contribution in [0.4, 0.5) is 0 Å². The summed E-state index contributed by atoms with van der Waals surface area (Å²) in [6.07, 6.45) is 14.2. The highest BCUT2D eigenvalue weighted by atomic mass is 16.5. The number of hydrogen-bond donors (Lipinski definition) is 1. The largest absolute Gasteiger partial charge is 0.489 e. The van der Waals surface area contributed by atoms with E-state index in [1.807, 2.05) is 30.1 Å². The lowest BCUT2D eigenvalue weighted by Crippen LogP contribution is -2.43. The van der Waals surface area contributed by atoms with E-state index in [0.717, 1.165) is 37.0 Å². The quantitative estimate of drug-likeness (QED) is 0.593. The van der Waals surface area contributed by atoms with Crippen molar-refractivity contribution >= 4 is 5.91 Å². The lowest BCUT2D eigenvalue weighted by Gasteiger charge is -2.33. The Bertz CT molecular complexity index is 613. The molecule has 1 amide bonds. The highest BCUT2D eigenvalue weighted by molar-refractivity contribution is 5.96. The number of aliphatic hydroxyl groups is 1. The van der Waals surface area contributed by atoms with Crippen molar-refractivity contribution in [3.63, 3.8) is 0 Å². The Morgan fingerprint density at radius 3 is 3.00 bits per heavy atom. The number of carbonyl (C=O) groups is 1. The fourth-order valence-electron chi connectivity index (χ4n) is 3.20. The molecular weight excluding hydrogens is 314 g/mol. The molecule has 0 bridgehead atoms. The number of likely N-dealkylation sites (tertiary alicyclic amines) is 1. The number of allylic oxidation sites excluding steroid dienone is 4. The highest BCUT2D eigenvalue weighted by Gasteiger charge is 2.26. The van der Waals surface area contributed by atoms with Crippen LogP contribution in [0.1, 0.15) is 33.1 Å². The minimum Gasteiger partial charge on any atom is -0.489 e. The molecule has 2 rings (SSSR count). The zero-order valence-electron chi connectivity index (χ0n) is 15.3. The minimum absolute atomic E-state index is 0.0549. The first kappa shape index (κ1) is 19.3. The predicted molar refractivity (Wildman–Crippen MR) is 101 cm³/mol. The number of hydrogen-bond acceptors (Lipinski definition) is 3. The summed E-state index contributed by atoms with van der Waals surface area (Å²) in [6, 6.07) is 0. The standard InChI is InChI=1S/C21H29NO3/c1-4-7-18(15-23)13-17(3)25-20-10-6-11-22(14-20)21(24)19-9-5-8-16(2)12-19/h4-5,7,9,12-13,16,20,23H,3,6,8,10-11,14-15H2,1-2H3/b7-4-,18-13+/t16?,20-/m1/s1. The van der Waals surface area contributed by atoms with E-state index in [-0.39, 0.29) is 18.6 Å². The molecule has 1 unspecified atom stereocenters. The molecule has 4 heteroatoms.